The van der Waals surface area contributed by atoms with Crippen molar-refractivity contribution >= 4 is 16.6 Å². The van der Waals surface area contributed by atoms with Gasteiger partial charge in [0, 0.05) is 30.1 Å². The molecule has 0 saturated carbocycles. The van der Waals surface area contributed by atoms with Crippen LogP contribution in [0.25, 0.3) is 10.8 Å². The number of ketones is 1. The Morgan fingerprint density at radius 3 is 2.68 bits per heavy atom. The lowest BCUT2D eigenvalue weighted by molar-refractivity contribution is -0.118. The number of carbonyl (C=O) groups excluding carboxylic acids is 1. The molecule has 1 aromatic heterocycles. The Kier molecular flexibility index (Phi) is 5.08. The van der Waals surface area contributed by atoms with E-state index in [9.17, 15) is 4.79 Å². The molecule has 0 aliphatic heterocycles. The molecule has 0 bridgehead atoms. The number of Topliss-reactive ketones (excluding diaryl/α,β-unsaturated/α-hetero) is 1. The quantitative estimate of drug-likeness (QED) is 0.690. The van der Waals surface area contributed by atoms with Crippen LogP contribution in [0.1, 0.15) is 44.7 Å². The first kappa shape index (κ1) is 13.7. The number of carbonyl (C=O) groups is 1. The van der Waals surface area contributed by atoms with Gasteiger partial charge in [0.15, 0.2) is 0 Å². The summed E-state index contributed by atoms with van der Waals surface area (Å²) in [6.07, 6.45) is 7.62. The second kappa shape index (κ2) is 7.03. The standard InChI is InChI=1S/C17H21NO/c1-2-3-4-5-10-17(19)12-16-11-14-8-6-7-9-15(14)13-18-16/h6-9,11,13H,2-5,10,12H2,1H3. The van der Waals surface area contributed by atoms with Crippen molar-refractivity contribution in [2.24, 2.45) is 0 Å². The van der Waals surface area contributed by atoms with Crippen LogP contribution in [0.3, 0.4) is 0 Å². The molecular weight excluding hydrogens is 234 g/mol. The van der Waals surface area contributed by atoms with E-state index in [1.54, 1.807) is 0 Å². The second-order valence-electron chi connectivity index (χ2n) is 5.05. The van der Waals surface area contributed by atoms with Gasteiger partial charge in [-0.25, -0.2) is 0 Å². The Balaban J connectivity index is 1.91. The van der Waals surface area contributed by atoms with Crippen molar-refractivity contribution in [2.45, 2.75) is 45.4 Å². The average molecular weight is 255 g/mol. The molecule has 2 heteroatoms. The zero-order valence-corrected chi connectivity index (χ0v) is 11.6. The maximum atomic E-state index is 11.9. The third kappa shape index (κ3) is 4.16. The molecule has 0 amide bonds. The maximum Gasteiger partial charge on any atom is 0.138 e. The van der Waals surface area contributed by atoms with Gasteiger partial charge in [-0.05, 0) is 17.9 Å². The minimum absolute atomic E-state index is 0.305. The number of unbranched alkanes of at least 4 members (excludes halogenated alkanes) is 3. The van der Waals surface area contributed by atoms with Gasteiger partial charge in [-0.1, -0.05) is 50.5 Å². The van der Waals surface area contributed by atoms with Gasteiger partial charge in [0.25, 0.3) is 0 Å². The number of nitrogens with zero attached hydrogens (tertiary/aromatic N) is 1. The summed E-state index contributed by atoms with van der Waals surface area (Å²) in [7, 11) is 0. The summed E-state index contributed by atoms with van der Waals surface area (Å²) in [6, 6.07) is 10.1. The molecule has 2 aromatic rings. The van der Waals surface area contributed by atoms with Crippen molar-refractivity contribution in [1.29, 1.82) is 0 Å². The van der Waals surface area contributed by atoms with E-state index in [0.717, 1.165) is 29.3 Å². The number of aromatic nitrogens is 1. The topological polar surface area (TPSA) is 30.0 Å². The molecule has 2 rings (SSSR count). The molecule has 0 N–H and O–H groups in total. The van der Waals surface area contributed by atoms with Crippen molar-refractivity contribution < 1.29 is 4.79 Å². The Bertz CT molecular complexity index is 548. The summed E-state index contributed by atoms with van der Waals surface area (Å²) >= 11 is 0. The van der Waals surface area contributed by atoms with E-state index in [1.807, 2.05) is 30.5 Å². The number of benzene rings is 1. The van der Waals surface area contributed by atoms with Crippen LogP contribution >= 0.6 is 0 Å². The highest BCUT2D eigenvalue weighted by atomic mass is 16.1. The smallest absolute Gasteiger partial charge is 0.138 e. The Morgan fingerprint density at radius 2 is 1.89 bits per heavy atom. The van der Waals surface area contributed by atoms with E-state index in [0.29, 0.717) is 18.6 Å². The molecule has 1 aromatic carbocycles. The highest BCUT2D eigenvalue weighted by molar-refractivity contribution is 5.84. The largest absolute Gasteiger partial charge is 0.299 e. The molecule has 0 atom stereocenters. The van der Waals surface area contributed by atoms with Gasteiger partial charge in [-0.15, -0.1) is 0 Å². The van der Waals surface area contributed by atoms with Crippen LogP contribution in [0.4, 0.5) is 0 Å². The Morgan fingerprint density at radius 1 is 1.11 bits per heavy atom. The van der Waals surface area contributed by atoms with Gasteiger partial charge in [0.05, 0.1) is 0 Å². The molecule has 0 aliphatic carbocycles. The van der Waals surface area contributed by atoms with E-state index >= 15 is 0 Å². The highest BCUT2D eigenvalue weighted by Gasteiger charge is 2.05. The van der Waals surface area contributed by atoms with Crippen LogP contribution in [0.2, 0.25) is 0 Å². The third-order valence-corrected chi connectivity index (χ3v) is 3.38. The molecule has 0 aliphatic rings. The fourth-order valence-electron chi connectivity index (χ4n) is 2.27. The fourth-order valence-corrected chi connectivity index (χ4v) is 2.27. The van der Waals surface area contributed by atoms with Gasteiger partial charge in [0.1, 0.15) is 5.78 Å². The summed E-state index contributed by atoms with van der Waals surface area (Å²) in [5.41, 5.74) is 0.888. The lowest BCUT2D eigenvalue weighted by atomic mass is 10.1. The van der Waals surface area contributed by atoms with Gasteiger partial charge in [-0.2, -0.15) is 0 Å². The zero-order chi connectivity index (χ0) is 13.5. The summed E-state index contributed by atoms with van der Waals surface area (Å²) in [5.74, 6) is 0.305. The minimum atomic E-state index is 0.305. The molecule has 0 spiro atoms. The zero-order valence-electron chi connectivity index (χ0n) is 11.6. The molecule has 1 heterocycles. The first-order chi connectivity index (χ1) is 9.29. The monoisotopic (exact) mass is 255 g/mol. The van der Waals surface area contributed by atoms with Crippen LogP contribution < -0.4 is 0 Å². The summed E-state index contributed by atoms with van der Waals surface area (Å²) in [4.78, 5) is 16.2. The van der Waals surface area contributed by atoms with Gasteiger partial charge in [-0.3, -0.25) is 9.78 Å². The highest BCUT2D eigenvalue weighted by Crippen LogP contribution is 2.14. The first-order valence-electron chi connectivity index (χ1n) is 7.15. The summed E-state index contributed by atoms with van der Waals surface area (Å²) < 4.78 is 0. The van der Waals surface area contributed by atoms with E-state index in [-0.39, 0.29) is 0 Å². The number of hydrogen-bond donors (Lipinski definition) is 0. The van der Waals surface area contributed by atoms with Crippen molar-refractivity contribution in [3.05, 3.63) is 42.2 Å². The van der Waals surface area contributed by atoms with Crippen molar-refractivity contribution in [3.63, 3.8) is 0 Å². The molecule has 0 saturated heterocycles. The van der Waals surface area contributed by atoms with E-state index in [1.165, 1.54) is 12.8 Å². The number of pyridine rings is 1. The van der Waals surface area contributed by atoms with Gasteiger partial charge >= 0.3 is 0 Å². The summed E-state index contributed by atoms with van der Waals surface area (Å²) in [6.45, 7) is 2.18. The SMILES string of the molecule is CCCCCCC(=O)Cc1cc2ccccc2cn1. The molecular formula is C17H21NO. The lowest BCUT2D eigenvalue weighted by Gasteiger charge is -2.03. The fraction of sp³-hybridized carbons (Fsp3) is 0.412. The van der Waals surface area contributed by atoms with Crippen LogP contribution in [0.15, 0.2) is 36.5 Å². The molecule has 2 nitrogen and oxygen atoms in total. The molecule has 19 heavy (non-hydrogen) atoms. The molecule has 0 fully saturated rings. The van der Waals surface area contributed by atoms with Crippen molar-refractivity contribution in [2.75, 3.05) is 0 Å². The molecule has 0 radical (unpaired) electrons. The van der Waals surface area contributed by atoms with Gasteiger partial charge in [0.2, 0.25) is 0 Å². The summed E-state index contributed by atoms with van der Waals surface area (Å²) in [5, 5.41) is 2.29. The third-order valence-electron chi connectivity index (χ3n) is 3.38. The molecule has 0 unspecified atom stereocenters. The Labute approximate surface area is 114 Å². The average Bonchev–Trinajstić information content (AvgIpc) is 2.43. The molecule has 100 valence electrons. The van der Waals surface area contributed by atoms with Gasteiger partial charge < -0.3 is 0 Å². The van der Waals surface area contributed by atoms with Crippen molar-refractivity contribution in [1.82, 2.24) is 4.98 Å². The minimum Gasteiger partial charge on any atom is -0.299 e. The second-order valence-corrected chi connectivity index (χ2v) is 5.05. The predicted octanol–water partition coefficient (Wildman–Crippen LogP) is 4.32. The van der Waals surface area contributed by atoms with Crippen molar-refractivity contribution in [3.8, 4) is 0 Å². The first-order valence-corrected chi connectivity index (χ1v) is 7.15. The number of rotatable bonds is 7. The maximum absolute atomic E-state index is 11.9. The lowest BCUT2D eigenvalue weighted by Crippen LogP contribution is -2.04. The van der Waals surface area contributed by atoms with E-state index in [4.69, 9.17) is 0 Å². The van der Waals surface area contributed by atoms with E-state index < -0.39 is 0 Å². The van der Waals surface area contributed by atoms with Crippen LogP contribution in [-0.2, 0) is 11.2 Å². The predicted molar refractivity (Wildman–Crippen MR) is 79.2 cm³/mol. The van der Waals surface area contributed by atoms with Crippen LogP contribution in [0, 0.1) is 0 Å². The normalized spacial score (nSPS) is 10.8. The van der Waals surface area contributed by atoms with Crippen LogP contribution in [-0.4, -0.2) is 10.8 Å². The van der Waals surface area contributed by atoms with Crippen LogP contribution in [0.5, 0.6) is 0 Å². The Hall–Kier alpha value is -1.70. The number of hydrogen-bond acceptors (Lipinski definition) is 2. The number of fused-ring (bicyclic) bond motifs is 1. The van der Waals surface area contributed by atoms with E-state index in [2.05, 4.69) is 18.0 Å².